The number of Topliss-reactive ketones (excluding diaryl/α,β-unsaturated/α-hetero) is 1. The number of dihydropyridines is 1. The monoisotopic (exact) mass is 457 g/mol. The Morgan fingerprint density at radius 2 is 1.97 bits per heavy atom. The average Bonchev–Trinajstić information content (AvgIpc) is 2.73. The second-order valence-corrected chi connectivity index (χ2v) is 8.65. The zero-order valence-corrected chi connectivity index (χ0v) is 19.9. The van der Waals surface area contributed by atoms with Crippen molar-refractivity contribution >= 4 is 17.7 Å². The van der Waals surface area contributed by atoms with Crippen molar-refractivity contribution in [3.05, 3.63) is 46.3 Å². The minimum Gasteiger partial charge on any atom is -0.504 e. The van der Waals surface area contributed by atoms with E-state index < -0.39 is 23.8 Å². The largest absolute Gasteiger partial charge is 0.504 e. The Bertz CT molecular complexity index is 1040. The van der Waals surface area contributed by atoms with Gasteiger partial charge in [-0.25, -0.2) is 4.79 Å². The number of carbonyl (C=O) groups is 3. The molecule has 3 rings (SSSR count). The Hall–Kier alpha value is -3.29. The first kappa shape index (κ1) is 24.4. The number of nitrogens with one attached hydrogen (secondary N) is 1. The van der Waals surface area contributed by atoms with Crippen LogP contribution >= 0.6 is 0 Å². The molecule has 178 valence electrons. The van der Waals surface area contributed by atoms with Crippen LogP contribution in [-0.4, -0.2) is 42.6 Å². The number of benzene rings is 1. The predicted molar refractivity (Wildman–Crippen MR) is 120 cm³/mol. The zero-order valence-electron chi connectivity index (χ0n) is 19.9. The molecule has 1 heterocycles. The van der Waals surface area contributed by atoms with E-state index in [1.807, 2.05) is 6.92 Å². The fourth-order valence-electron chi connectivity index (χ4n) is 4.54. The lowest BCUT2D eigenvalue weighted by Gasteiger charge is -2.38. The summed E-state index contributed by atoms with van der Waals surface area (Å²) >= 11 is 0. The second-order valence-electron chi connectivity index (χ2n) is 8.65. The molecule has 8 heteroatoms. The molecule has 0 saturated heterocycles. The van der Waals surface area contributed by atoms with E-state index in [0.29, 0.717) is 35.6 Å². The van der Waals surface area contributed by atoms with Crippen LogP contribution in [0.3, 0.4) is 0 Å². The number of aromatic hydroxyl groups is 1. The highest BCUT2D eigenvalue weighted by Crippen LogP contribution is 2.46. The number of allylic oxidation sites excluding steroid dienone is 3. The van der Waals surface area contributed by atoms with Gasteiger partial charge in [0.05, 0.1) is 25.4 Å². The number of methoxy groups -OCH3 is 1. The van der Waals surface area contributed by atoms with Gasteiger partial charge in [-0.3, -0.25) is 9.59 Å². The number of ether oxygens (including phenoxy) is 3. The normalized spacial score (nSPS) is 22.6. The third-order valence-electron chi connectivity index (χ3n) is 5.92. The highest BCUT2D eigenvalue weighted by molar-refractivity contribution is 6.12. The molecule has 0 aromatic heterocycles. The quantitative estimate of drug-likeness (QED) is 0.494. The minimum atomic E-state index is -0.970. The summed E-state index contributed by atoms with van der Waals surface area (Å²) in [7, 11) is 1.26. The summed E-state index contributed by atoms with van der Waals surface area (Å²) < 4.78 is 15.9. The second kappa shape index (κ2) is 9.68. The van der Waals surface area contributed by atoms with E-state index >= 15 is 0 Å². The average molecular weight is 458 g/mol. The maximum absolute atomic E-state index is 13.7. The Labute approximate surface area is 193 Å². The fraction of sp³-hybridized carbons (Fsp3) is 0.480. The third kappa shape index (κ3) is 4.60. The summed E-state index contributed by atoms with van der Waals surface area (Å²) in [4.78, 5) is 39.3. The first-order valence-corrected chi connectivity index (χ1v) is 11.1. The first-order chi connectivity index (χ1) is 15.6. The van der Waals surface area contributed by atoms with E-state index in [-0.39, 0.29) is 34.9 Å². The molecule has 1 aromatic carbocycles. The van der Waals surface area contributed by atoms with Gasteiger partial charge in [-0.2, -0.15) is 0 Å². The fourth-order valence-corrected chi connectivity index (χ4v) is 4.54. The van der Waals surface area contributed by atoms with E-state index in [9.17, 15) is 19.5 Å². The Morgan fingerprint density at radius 3 is 2.58 bits per heavy atom. The maximum Gasteiger partial charge on any atom is 0.337 e. The standard InChI is InChI=1S/C25H31NO7/c1-7-32-18-11-15(8-9-17(18)27)21-20(25(30)33-12(2)3)14(5)26-16-10-13(4)19(24(29)31-6)23(28)22(16)21/h8-9,11-13,19,21,26-27H,7,10H2,1-6H3/t13-,19+,21+/m0/s1. The molecule has 0 fully saturated rings. The molecule has 0 amide bonds. The van der Waals surface area contributed by atoms with E-state index in [1.165, 1.54) is 13.2 Å². The molecule has 0 saturated carbocycles. The molecule has 0 spiro atoms. The number of phenolic OH excluding ortho intramolecular Hbond substituents is 1. The van der Waals surface area contributed by atoms with Crippen molar-refractivity contribution in [3.8, 4) is 11.5 Å². The summed E-state index contributed by atoms with van der Waals surface area (Å²) in [5, 5.41) is 13.4. The van der Waals surface area contributed by atoms with Gasteiger partial charge in [-0.15, -0.1) is 0 Å². The highest BCUT2D eigenvalue weighted by Gasteiger charge is 2.47. The van der Waals surface area contributed by atoms with E-state index in [1.54, 1.807) is 39.8 Å². The smallest absolute Gasteiger partial charge is 0.337 e. The molecular weight excluding hydrogens is 426 g/mol. The molecule has 33 heavy (non-hydrogen) atoms. The van der Waals surface area contributed by atoms with Gasteiger partial charge in [0.15, 0.2) is 17.3 Å². The number of carbonyl (C=O) groups excluding carboxylic acids is 3. The number of hydrogen-bond donors (Lipinski definition) is 2. The molecule has 0 radical (unpaired) electrons. The van der Waals surface area contributed by atoms with Gasteiger partial charge >= 0.3 is 11.9 Å². The van der Waals surface area contributed by atoms with Crippen LogP contribution in [0.5, 0.6) is 11.5 Å². The van der Waals surface area contributed by atoms with Crippen molar-refractivity contribution in [1.29, 1.82) is 0 Å². The number of rotatable bonds is 6. The molecular formula is C25H31NO7. The lowest BCUT2D eigenvalue weighted by molar-refractivity contribution is -0.151. The van der Waals surface area contributed by atoms with Crippen LogP contribution in [0.25, 0.3) is 0 Å². The lowest BCUT2D eigenvalue weighted by atomic mass is 9.69. The van der Waals surface area contributed by atoms with Crippen LogP contribution in [0, 0.1) is 11.8 Å². The van der Waals surface area contributed by atoms with E-state index in [0.717, 1.165) is 0 Å². The molecule has 1 aromatic rings. The van der Waals surface area contributed by atoms with Gasteiger partial charge in [0.25, 0.3) is 0 Å². The van der Waals surface area contributed by atoms with E-state index in [4.69, 9.17) is 14.2 Å². The number of phenols is 1. The molecule has 0 bridgehead atoms. The summed E-state index contributed by atoms with van der Waals surface area (Å²) in [6.07, 6.45) is 0.0787. The van der Waals surface area contributed by atoms with Crippen molar-refractivity contribution in [2.24, 2.45) is 11.8 Å². The summed E-state index contributed by atoms with van der Waals surface area (Å²) in [6, 6.07) is 4.73. The summed E-state index contributed by atoms with van der Waals surface area (Å²) in [6.45, 7) is 9.21. The van der Waals surface area contributed by atoms with Gasteiger partial charge < -0.3 is 24.6 Å². The van der Waals surface area contributed by atoms with Gasteiger partial charge in [0.2, 0.25) is 0 Å². The molecule has 1 aliphatic carbocycles. The van der Waals surface area contributed by atoms with Crippen molar-refractivity contribution in [2.45, 2.75) is 53.1 Å². The molecule has 3 atom stereocenters. The Kier molecular flexibility index (Phi) is 7.15. The van der Waals surface area contributed by atoms with Crippen LogP contribution in [0.4, 0.5) is 0 Å². The van der Waals surface area contributed by atoms with Gasteiger partial charge in [-0.05, 0) is 57.7 Å². The Balaban J connectivity index is 2.22. The lowest BCUT2D eigenvalue weighted by Crippen LogP contribution is -2.43. The minimum absolute atomic E-state index is 0.0493. The third-order valence-corrected chi connectivity index (χ3v) is 5.92. The molecule has 8 nitrogen and oxygen atoms in total. The van der Waals surface area contributed by atoms with Crippen molar-refractivity contribution in [3.63, 3.8) is 0 Å². The number of esters is 2. The summed E-state index contributed by atoms with van der Waals surface area (Å²) in [5.41, 5.74) is 2.43. The van der Waals surface area contributed by atoms with Crippen LogP contribution in [0.2, 0.25) is 0 Å². The van der Waals surface area contributed by atoms with Gasteiger partial charge in [-0.1, -0.05) is 13.0 Å². The number of ketones is 1. The highest BCUT2D eigenvalue weighted by atomic mass is 16.5. The summed E-state index contributed by atoms with van der Waals surface area (Å²) in [5.74, 6) is -3.39. The molecule has 2 aliphatic rings. The van der Waals surface area contributed by atoms with Gasteiger partial charge in [0.1, 0.15) is 5.92 Å². The topological polar surface area (TPSA) is 111 Å². The number of hydrogen-bond acceptors (Lipinski definition) is 8. The van der Waals surface area contributed by atoms with Crippen molar-refractivity contribution in [1.82, 2.24) is 5.32 Å². The SMILES string of the molecule is CCOc1cc([C@@H]2C(C(=O)OC(C)C)=C(C)NC3=C2C(=O)[C@H](C(=O)OC)[C@@H](C)C3)ccc1O. The van der Waals surface area contributed by atoms with Gasteiger partial charge in [0, 0.05) is 22.9 Å². The molecule has 0 unspecified atom stereocenters. The predicted octanol–water partition coefficient (Wildman–Crippen LogP) is 3.36. The Morgan fingerprint density at radius 1 is 1.27 bits per heavy atom. The molecule has 1 aliphatic heterocycles. The zero-order chi connectivity index (χ0) is 24.4. The van der Waals surface area contributed by atoms with Crippen LogP contribution in [0.1, 0.15) is 52.5 Å². The van der Waals surface area contributed by atoms with Crippen molar-refractivity contribution < 1.29 is 33.7 Å². The van der Waals surface area contributed by atoms with Crippen molar-refractivity contribution in [2.75, 3.05) is 13.7 Å². The van der Waals surface area contributed by atoms with Crippen LogP contribution in [0.15, 0.2) is 40.7 Å². The van der Waals surface area contributed by atoms with E-state index in [2.05, 4.69) is 5.32 Å². The van der Waals surface area contributed by atoms with Crippen LogP contribution < -0.4 is 10.1 Å². The maximum atomic E-state index is 13.7. The van der Waals surface area contributed by atoms with Crippen LogP contribution in [-0.2, 0) is 23.9 Å². The molecule has 2 N–H and O–H groups in total. The first-order valence-electron chi connectivity index (χ1n) is 11.1.